The Morgan fingerprint density at radius 2 is 2.00 bits per heavy atom. The second-order valence-electron chi connectivity index (χ2n) is 6.15. The second kappa shape index (κ2) is 6.59. The molecule has 2 atom stereocenters. The summed E-state index contributed by atoms with van der Waals surface area (Å²) < 4.78 is 23.3. The minimum Gasteiger partial charge on any atom is -0.336 e. The highest BCUT2D eigenvalue weighted by molar-refractivity contribution is 7.91. The Labute approximate surface area is 116 Å². The van der Waals surface area contributed by atoms with Crippen molar-refractivity contribution in [1.29, 1.82) is 0 Å². The zero-order valence-corrected chi connectivity index (χ0v) is 13.2. The van der Waals surface area contributed by atoms with E-state index in [1.165, 1.54) is 0 Å². The fourth-order valence-corrected chi connectivity index (χ4v) is 4.18. The van der Waals surface area contributed by atoms with E-state index >= 15 is 0 Å². The molecule has 0 aromatic rings. The molecule has 112 valence electrons. The fraction of sp³-hybridized carbons (Fsp3) is 0.923. The van der Waals surface area contributed by atoms with Crippen LogP contribution in [0.1, 0.15) is 34.1 Å². The number of amides is 2. The van der Waals surface area contributed by atoms with Gasteiger partial charge in [-0.3, -0.25) is 0 Å². The molecule has 1 aliphatic heterocycles. The highest BCUT2D eigenvalue weighted by atomic mass is 32.2. The van der Waals surface area contributed by atoms with Gasteiger partial charge in [-0.2, -0.15) is 0 Å². The van der Waals surface area contributed by atoms with Crippen LogP contribution in [-0.2, 0) is 9.84 Å². The summed E-state index contributed by atoms with van der Waals surface area (Å²) in [4.78, 5) is 13.8. The van der Waals surface area contributed by atoms with Crippen molar-refractivity contribution in [2.75, 3.05) is 24.6 Å². The monoisotopic (exact) mass is 290 g/mol. The lowest BCUT2D eigenvalue weighted by molar-refractivity contribution is 0.191. The van der Waals surface area contributed by atoms with Gasteiger partial charge in [0.1, 0.15) is 0 Å². The Balaban J connectivity index is 2.57. The van der Waals surface area contributed by atoms with Crippen LogP contribution in [-0.4, -0.2) is 50.0 Å². The highest BCUT2D eigenvalue weighted by Gasteiger charge is 2.27. The van der Waals surface area contributed by atoms with Crippen LogP contribution in [0, 0.1) is 11.8 Å². The van der Waals surface area contributed by atoms with Crippen LogP contribution in [0.15, 0.2) is 0 Å². The van der Waals surface area contributed by atoms with Crippen LogP contribution in [0.25, 0.3) is 0 Å². The summed E-state index contributed by atoms with van der Waals surface area (Å²) in [6, 6.07) is -0.0280. The van der Waals surface area contributed by atoms with E-state index in [-0.39, 0.29) is 29.5 Å². The molecule has 1 rings (SSSR count). The highest BCUT2D eigenvalue weighted by Crippen LogP contribution is 2.12. The van der Waals surface area contributed by atoms with Gasteiger partial charge in [-0.05, 0) is 25.2 Å². The Kier molecular flexibility index (Phi) is 5.64. The standard InChI is InChI=1S/C13H26N2O3S/c1-10(2)7-12(4)14-13(16)15-5-6-19(17,18)9-11(3)8-15/h10-12H,5-9H2,1-4H3,(H,14,16)/t11-,12-/m1/s1. The molecule has 0 radical (unpaired) electrons. The molecule has 19 heavy (non-hydrogen) atoms. The van der Waals surface area contributed by atoms with E-state index in [4.69, 9.17) is 0 Å². The van der Waals surface area contributed by atoms with Crippen LogP contribution in [0.3, 0.4) is 0 Å². The third kappa shape index (κ3) is 5.80. The van der Waals surface area contributed by atoms with Crippen molar-refractivity contribution in [2.45, 2.75) is 40.2 Å². The van der Waals surface area contributed by atoms with Crippen molar-refractivity contribution in [1.82, 2.24) is 10.2 Å². The first-order chi connectivity index (χ1) is 8.69. The Bertz CT molecular complexity index is 406. The zero-order valence-electron chi connectivity index (χ0n) is 12.3. The number of carbonyl (C=O) groups is 1. The smallest absolute Gasteiger partial charge is 0.317 e. The van der Waals surface area contributed by atoms with Crippen LogP contribution in [0.5, 0.6) is 0 Å². The summed E-state index contributed by atoms with van der Waals surface area (Å²) in [7, 11) is -3.00. The van der Waals surface area contributed by atoms with Gasteiger partial charge in [0.05, 0.1) is 11.5 Å². The predicted molar refractivity (Wildman–Crippen MR) is 76.8 cm³/mol. The van der Waals surface area contributed by atoms with Gasteiger partial charge in [-0.25, -0.2) is 13.2 Å². The SMILES string of the molecule is CC(C)C[C@@H](C)NC(=O)N1CCS(=O)(=O)C[C@H](C)C1. The van der Waals surface area contributed by atoms with E-state index in [9.17, 15) is 13.2 Å². The fourth-order valence-electron chi connectivity index (χ4n) is 2.54. The van der Waals surface area contributed by atoms with Crippen LogP contribution < -0.4 is 5.32 Å². The normalized spacial score (nSPS) is 24.9. The lowest BCUT2D eigenvalue weighted by Crippen LogP contribution is -2.46. The number of hydrogen-bond donors (Lipinski definition) is 1. The number of urea groups is 1. The summed E-state index contributed by atoms with van der Waals surface area (Å²) >= 11 is 0. The number of sulfone groups is 1. The van der Waals surface area contributed by atoms with Gasteiger partial charge in [0.25, 0.3) is 0 Å². The Morgan fingerprint density at radius 1 is 1.37 bits per heavy atom. The van der Waals surface area contributed by atoms with E-state index in [0.717, 1.165) is 6.42 Å². The summed E-state index contributed by atoms with van der Waals surface area (Å²) in [6.45, 7) is 8.90. The van der Waals surface area contributed by atoms with Crippen molar-refractivity contribution in [3.05, 3.63) is 0 Å². The van der Waals surface area contributed by atoms with Gasteiger partial charge in [-0.15, -0.1) is 0 Å². The first kappa shape index (κ1) is 16.3. The van der Waals surface area contributed by atoms with E-state index < -0.39 is 9.84 Å². The summed E-state index contributed by atoms with van der Waals surface area (Å²) in [5, 5.41) is 2.95. The first-order valence-electron chi connectivity index (χ1n) is 6.95. The third-order valence-electron chi connectivity index (χ3n) is 3.22. The van der Waals surface area contributed by atoms with Gasteiger partial charge in [0, 0.05) is 19.1 Å². The van der Waals surface area contributed by atoms with Crippen LogP contribution >= 0.6 is 0 Å². The van der Waals surface area contributed by atoms with Crippen molar-refractivity contribution in [3.8, 4) is 0 Å². The van der Waals surface area contributed by atoms with Crippen LogP contribution in [0.2, 0.25) is 0 Å². The number of rotatable bonds is 3. The van der Waals surface area contributed by atoms with E-state index in [0.29, 0.717) is 19.0 Å². The lowest BCUT2D eigenvalue weighted by atomic mass is 10.1. The molecule has 5 nitrogen and oxygen atoms in total. The molecule has 6 heteroatoms. The topological polar surface area (TPSA) is 66.5 Å². The molecular formula is C13H26N2O3S. The van der Waals surface area contributed by atoms with Crippen molar-refractivity contribution in [3.63, 3.8) is 0 Å². The van der Waals surface area contributed by atoms with Gasteiger partial charge in [0.15, 0.2) is 9.84 Å². The van der Waals surface area contributed by atoms with Crippen molar-refractivity contribution in [2.24, 2.45) is 11.8 Å². The molecule has 1 aliphatic rings. The molecular weight excluding hydrogens is 264 g/mol. The Hall–Kier alpha value is -0.780. The molecule has 1 saturated heterocycles. The van der Waals surface area contributed by atoms with Crippen molar-refractivity contribution < 1.29 is 13.2 Å². The van der Waals surface area contributed by atoms with Gasteiger partial charge < -0.3 is 10.2 Å². The van der Waals surface area contributed by atoms with Gasteiger partial charge >= 0.3 is 6.03 Å². The quantitative estimate of drug-likeness (QED) is 0.856. The van der Waals surface area contributed by atoms with Gasteiger partial charge in [0.2, 0.25) is 0 Å². The molecule has 1 heterocycles. The van der Waals surface area contributed by atoms with E-state index in [1.807, 2.05) is 13.8 Å². The number of nitrogens with zero attached hydrogens (tertiary/aromatic N) is 1. The van der Waals surface area contributed by atoms with E-state index in [1.54, 1.807) is 4.90 Å². The second-order valence-corrected chi connectivity index (χ2v) is 8.37. The molecule has 0 saturated carbocycles. The molecule has 0 aromatic heterocycles. The van der Waals surface area contributed by atoms with E-state index in [2.05, 4.69) is 19.2 Å². The maximum atomic E-state index is 12.1. The number of carbonyl (C=O) groups excluding carboxylic acids is 1. The molecule has 2 amide bonds. The van der Waals surface area contributed by atoms with Crippen LogP contribution in [0.4, 0.5) is 4.79 Å². The molecule has 0 aliphatic carbocycles. The molecule has 0 spiro atoms. The number of hydrogen-bond acceptors (Lipinski definition) is 3. The first-order valence-corrected chi connectivity index (χ1v) is 8.77. The minimum atomic E-state index is -3.00. The maximum absolute atomic E-state index is 12.1. The zero-order chi connectivity index (χ0) is 14.6. The molecule has 0 aromatic carbocycles. The summed E-state index contributed by atoms with van der Waals surface area (Å²) in [5.74, 6) is 0.777. The molecule has 0 bridgehead atoms. The maximum Gasteiger partial charge on any atom is 0.317 e. The average molecular weight is 290 g/mol. The molecule has 0 unspecified atom stereocenters. The predicted octanol–water partition coefficient (Wildman–Crippen LogP) is 1.50. The third-order valence-corrected chi connectivity index (χ3v) is 5.11. The average Bonchev–Trinajstić information content (AvgIpc) is 2.34. The summed E-state index contributed by atoms with van der Waals surface area (Å²) in [6.07, 6.45) is 0.924. The molecule has 1 fully saturated rings. The summed E-state index contributed by atoms with van der Waals surface area (Å²) in [5.41, 5.74) is 0. The largest absolute Gasteiger partial charge is 0.336 e. The minimum absolute atomic E-state index is 0.00125. The Morgan fingerprint density at radius 3 is 2.58 bits per heavy atom. The van der Waals surface area contributed by atoms with Crippen molar-refractivity contribution >= 4 is 15.9 Å². The number of nitrogens with one attached hydrogen (secondary N) is 1. The van der Waals surface area contributed by atoms with Gasteiger partial charge in [-0.1, -0.05) is 20.8 Å². The lowest BCUT2D eigenvalue weighted by Gasteiger charge is -2.25. The molecule has 1 N–H and O–H groups in total.